The van der Waals surface area contributed by atoms with E-state index in [2.05, 4.69) is 37.9 Å². The Morgan fingerprint density at radius 2 is 2.09 bits per heavy atom. The highest BCUT2D eigenvalue weighted by atomic mass is 127. The van der Waals surface area contributed by atoms with Crippen LogP contribution in [0.15, 0.2) is 23.5 Å². The van der Waals surface area contributed by atoms with Gasteiger partial charge in [0.2, 0.25) is 5.91 Å². The van der Waals surface area contributed by atoms with Crippen molar-refractivity contribution in [2.45, 2.75) is 19.0 Å². The largest absolute Gasteiger partial charge is 0.382 e. The summed E-state index contributed by atoms with van der Waals surface area (Å²) in [5.74, 6) is 0.139. The molecule has 1 heterocycles. The molecule has 0 radical (unpaired) electrons. The lowest BCUT2D eigenvalue weighted by Crippen LogP contribution is -2.16. The van der Waals surface area contributed by atoms with Gasteiger partial charge in [0.15, 0.2) is 5.16 Å². The molecule has 0 saturated carbocycles. The zero-order valence-corrected chi connectivity index (χ0v) is 15.5. The van der Waals surface area contributed by atoms with E-state index in [9.17, 15) is 4.79 Å². The first-order valence-electron chi connectivity index (χ1n) is 6.62. The van der Waals surface area contributed by atoms with Crippen molar-refractivity contribution in [3.8, 4) is 6.07 Å². The van der Waals surface area contributed by atoms with Crippen LogP contribution in [0.2, 0.25) is 0 Å². The second-order valence-corrected chi connectivity index (χ2v) is 7.00. The Labute approximate surface area is 152 Å². The van der Waals surface area contributed by atoms with Gasteiger partial charge < -0.3 is 11.1 Å². The van der Waals surface area contributed by atoms with E-state index < -0.39 is 0 Å². The molecule has 3 N–H and O–H groups in total. The number of nitriles is 1. The average molecular weight is 439 g/mol. The van der Waals surface area contributed by atoms with Crippen LogP contribution in [0.1, 0.15) is 16.7 Å². The molecule has 2 rings (SSSR count). The van der Waals surface area contributed by atoms with Gasteiger partial charge in [0, 0.05) is 9.26 Å². The molecule has 0 spiro atoms. The number of nitrogen functional groups attached to an aromatic ring is 1. The Morgan fingerprint density at radius 1 is 1.43 bits per heavy atom. The van der Waals surface area contributed by atoms with Crippen molar-refractivity contribution in [2.24, 2.45) is 0 Å². The molecule has 23 heavy (non-hydrogen) atoms. The van der Waals surface area contributed by atoms with E-state index in [0.29, 0.717) is 5.16 Å². The van der Waals surface area contributed by atoms with Crippen LogP contribution in [-0.4, -0.2) is 21.6 Å². The van der Waals surface area contributed by atoms with Crippen molar-refractivity contribution in [3.05, 3.63) is 38.6 Å². The van der Waals surface area contributed by atoms with E-state index >= 15 is 0 Å². The third kappa shape index (κ3) is 4.56. The fourth-order valence-corrected chi connectivity index (χ4v) is 3.50. The Balaban J connectivity index is 2.01. The van der Waals surface area contributed by atoms with Crippen LogP contribution in [0.25, 0.3) is 0 Å². The number of hydrogen-bond donors (Lipinski definition) is 2. The SMILES string of the molecule is Cc1cc(I)cc(C)c1NC(=O)CSc1ncc(C#N)c(N)n1. The first-order chi connectivity index (χ1) is 10.9. The Morgan fingerprint density at radius 3 is 2.65 bits per heavy atom. The summed E-state index contributed by atoms with van der Waals surface area (Å²) < 4.78 is 1.13. The van der Waals surface area contributed by atoms with Crippen molar-refractivity contribution in [3.63, 3.8) is 0 Å². The maximum absolute atomic E-state index is 12.1. The minimum absolute atomic E-state index is 0.120. The molecule has 0 saturated heterocycles. The van der Waals surface area contributed by atoms with E-state index in [4.69, 9.17) is 11.0 Å². The minimum Gasteiger partial charge on any atom is -0.382 e. The number of carbonyl (C=O) groups excluding carboxylic acids is 1. The van der Waals surface area contributed by atoms with Gasteiger partial charge in [-0.25, -0.2) is 9.97 Å². The summed E-state index contributed by atoms with van der Waals surface area (Å²) in [7, 11) is 0. The number of thioether (sulfide) groups is 1. The number of anilines is 2. The summed E-state index contributed by atoms with van der Waals surface area (Å²) in [5, 5.41) is 12.1. The van der Waals surface area contributed by atoms with Gasteiger partial charge in [0.05, 0.1) is 11.9 Å². The van der Waals surface area contributed by atoms with Crippen LogP contribution in [0, 0.1) is 28.7 Å². The second kappa shape index (κ2) is 7.61. The Bertz CT molecular complexity index is 780. The van der Waals surface area contributed by atoms with Crippen molar-refractivity contribution >= 4 is 51.8 Å². The zero-order valence-electron chi connectivity index (χ0n) is 12.6. The number of nitrogens with zero attached hydrogens (tertiary/aromatic N) is 3. The first kappa shape index (κ1) is 17.5. The number of hydrogen-bond acceptors (Lipinski definition) is 6. The maximum atomic E-state index is 12.1. The molecule has 0 aliphatic heterocycles. The molecule has 0 bridgehead atoms. The topological polar surface area (TPSA) is 105 Å². The third-order valence-electron chi connectivity index (χ3n) is 3.01. The van der Waals surface area contributed by atoms with Crippen molar-refractivity contribution in [1.29, 1.82) is 5.26 Å². The number of aromatic nitrogens is 2. The van der Waals surface area contributed by atoms with Crippen LogP contribution in [0.4, 0.5) is 11.5 Å². The summed E-state index contributed by atoms with van der Waals surface area (Å²) in [6.07, 6.45) is 1.36. The highest BCUT2D eigenvalue weighted by Gasteiger charge is 2.11. The molecule has 118 valence electrons. The highest BCUT2D eigenvalue weighted by Crippen LogP contribution is 2.24. The monoisotopic (exact) mass is 439 g/mol. The minimum atomic E-state index is -0.145. The zero-order chi connectivity index (χ0) is 17.0. The second-order valence-electron chi connectivity index (χ2n) is 4.81. The molecule has 1 aromatic carbocycles. The molecule has 1 amide bonds. The summed E-state index contributed by atoms with van der Waals surface area (Å²) in [6, 6.07) is 5.93. The van der Waals surface area contributed by atoms with Crippen molar-refractivity contribution < 1.29 is 4.79 Å². The van der Waals surface area contributed by atoms with Gasteiger partial charge in [0.25, 0.3) is 0 Å². The van der Waals surface area contributed by atoms with Gasteiger partial charge >= 0.3 is 0 Å². The number of amides is 1. The number of nitrogens with one attached hydrogen (secondary N) is 1. The first-order valence-corrected chi connectivity index (χ1v) is 8.69. The van der Waals surface area contributed by atoms with Crippen LogP contribution in [0.3, 0.4) is 0 Å². The van der Waals surface area contributed by atoms with Crippen molar-refractivity contribution in [1.82, 2.24) is 9.97 Å². The van der Waals surface area contributed by atoms with Crippen LogP contribution >= 0.6 is 34.4 Å². The average Bonchev–Trinajstić information content (AvgIpc) is 2.49. The van der Waals surface area contributed by atoms with Crippen molar-refractivity contribution in [2.75, 3.05) is 16.8 Å². The number of carbonyl (C=O) groups is 1. The molecular formula is C15H14IN5OS. The van der Waals surface area contributed by atoms with E-state index in [1.165, 1.54) is 18.0 Å². The number of benzene rings is 1. The molecule has 0 aliphatic rings. The molecule has 8 heteroatoms. The number of halogens is 1. The lowest BCUT2D eigenvalue weighted by molar-refractivity contribution is -0.113. The summed E-state index contributed by atoms with van der Waals surface area (Å²) in [5.41, 5.74) is 8.72. The Hall–Kier alpha value is -1.86. The normalized spacial score (nSPS) is 10.2. The summed E-state index contributed by atoms with van der Waals surface area (Å²) in [4.78, 5) is 20.1. The molecule has 0 fully saturated rings. The Kier molecular flexibility index (Phi) is 5.79. The standard InChI is InChI=1S/C15H14IN5OS/c1-8-3-11(16)4-9(2)13(8)20-12(22)7-23-15-19-6-10(5-17)14(18)21-15/h3-4,6H,7H2,1-2H3,(H,20,22)(H2,18,19,21). The summed E-state index contributed by atoms with van der Waals surface area (Å²) in [6.45, 7) is 3.92. The lowest BCUT2D eigenvalue weighted by atomic mass is 10.1. The lowest BCUT2D eigenvalue weighted by Gasteiger charge is -2.12. The summed E-state index contributed by atoms with van der Waals surface area (Å²) >= 11 is 3.42. The number of rotatable bonds is 4. The van der Waals surface area contributed by atoms with E-state index in [1.807, 2.05) is 32.0 Å². The van der Waals surface area contributed by atoms with E-state index in [1.54, 1.807) is 0 Å². The molecule has 6 nitrogen and oxygen atoms in total. The van der Waals surface area contributed by atoms with Gasteiger partial charge in [-0.1, -0.05) is 11.8 Å². The smallest absolute Gasteiger partial charge is 0.234 e. The van der Waals surface area contributed by atoms with E-state index in [0.717, 1.165) is 20.4 Å². The fourth-order valence-electron chi connectivity index (χ4n) is 1.95. The van der Waals surface area contributed by atoms with Crippen LogP contribution in [-0.2, 0) is 4.79 Å². The molecule has 2 aromatic rings. The van der Waals surface area contributed by atoms with Crippen LogP contribution < -0.4 is 11.1 Å². The van der Waals surface area contributed by atoms with Gasteiger partial charge in [-0.15, -0.1) is 0 Å². The van der Waals surface area contributed by atoms with Gasteiger partial charge in [-0.3, -0.25) is 4.79 Å². The maximum Gasteiger partial charge on any atom is 0.234 e. The molecule has 1 aromatic heterocycles. The molecular weight excluding hydrogens is 425 g/mol. The van der Waals surface area contributed by atoms with Crippen LogP contribution in [0.5, 0.6) is 0 Å². The third-order valence-corrected chi connectivity index (χ3v) is 4.50. The molecule has 0 aliphatic carbocycles. The fraction of sp³-hybridized carbons (Fsp3) is 0.200. The highest BCUT2D eigenvalue weighted by molar-refractivity contribution is 14.1. The molecule has 0 atom stereocenters. The van der Waals surface area contributed by atoms with E-state index in [-0.39, 0.29) is 23.0 Å². The van der Waals surface area contributed by atoms with Gasteiger partial charge in [-0.2, -0.15) is 5.26 Å². The number of aryl methyl sites for hydroxylation is 2. The van der Waals surface area contributed by atoms with Gasteiger partial charge in [0.1, 0.15) is 17.5 Å². The van der Waals surface area contributed by atoms with Gasteiger partial charge in [-0.05, 0) is 59.7 Å². The quantitative estimate of drug-likeness (QED) is 0.431. The molecule has 0 unspecified atom stereocenters. The number of nitrogens with two attached hydrogens (primary N) is 1. The predicted octanol–water partition coefficient (Wildman–Crippen LogP) is 2.88. The predicted molar refractivity (Wildman–Crippen MR) is 99.1 cm³/mol.